The Bertz CT molecular complexity index is 109. The normalized spacial score (nSPS) is 12.6. The van der Waals surface area contributed by atoms with Crippen molar-refractivity contribution in [1.82, 2.24) is 0 Å². The van der Waals surface area contributed by atoms with Gasteiger partial charge in [-0.1, -0.05) is 38.3 Å². The van der Waals surface area contributed by atoms with Gasteiger partial charge < -0.3 is 0 Å². The highest BCUT2D eigenvalue weighted by atomic mass is 14.0. The van der Waals surface area contributed by atoms with Crippen LogP contribution < -0.4 is 0 Å². The first kappa shape index (κ1) is 10.7. The molecule has 0 saturated carbocycles. The van der Waals surface area contributed by atoms with Crippen molar-refractivity contribution in [1.29, 1.82) is 0 Å². The van der Waals surface area contributed by atoms with Crippen molar-refractivity contribution < 1.29 is 0 Å². The predicted molar refractivity (Wildman–Crippen MR) is 52.7 cm³/mol. The van der Waals surface area contributed by atoms with Gasteiger partial charge in [0, 0.05) is 0 Å². The average Bonchev–Trinajstić information content (AvgIpc) is 1.97. The summed E-state index contributed by atoms with van der Waals surface area (Å²) in [7, 11) is 0. The summed E-state index contributed by atoms with van der Waals surface area (Å²) < 4.78 is 0. The molecule has 0 rings (SSSR count). The third kappa shape index (κ3) is 7.64. The van der Waals surface area contributed by atoms with E-state index in [0.29, 0.717) is 0 Å². The first-order valence-corrected chi connectivity index (χ1v) is 4.78. The van der Waals surface area contributed by atoms with Crippen molar-refractivity contribution >= 4 is 0 Å². The molecule has 0 spiro atoms. The summed E-state index contributed by atoms with van der Waals surface area (Å²) in [6, 6.07) is 0. The third-order valence-corrected chi connectivity index (χ3v) is 2.10. The fraction of sp³-hybridized carbons (Fsp3) is 0.818. The van der Waals surface area contributed by atoms with Crippen LogP contribution in [0.25, 0.3) is 0 Å². The Morgan fingerprint density at radius 2 is 1.91 bits per heavy atom. The Morgan fingerprint density at radius 1 is 1.27 bits per heavy atom. The molecule has 0 unspecified atom stereocenters. The van der Waals surface area contributed by atoms with Crippen LogP contribution in [0.15, 0.2) is 11.6 Å². The minimum atomic E-state index is 0.876. The van der Waals surface area contributed by atoms with Crippen molar-refractivity contribution in [2.24, 2.45) is 5.92 Å². The molecule has 0 heterocycles. The van der Waals surface area contributed by atoms with E-state index in [2.05, 4.69) is 33.8 Å². The zero-order valence-electron chi connectivity index (χ0n) is 8.48. The Morgan fingerprint density at radius 3 is 2.36 bits per heavy atom. The Hall–Kier alpha value is -0.260. The Balaban J connectivity index is 3.15. The maximum atomic E-state index is 2.29. The average molecular weight is 154 g/mol. The second kappa shape index (κ2) is 6.45. The summed E-state index contributed by atoms with van der Waals surface area (Å²) in [6.07, 6.45) is 7.66. The van der Waals surface area contributed by atoms with Crippen LogP contribution in [0.1, 0.15) is 53.4 Å². The fourth-order valence-electron chi connectivity index (χ4n) is 1.10. The van der Waals surface area contributed by atoms with Gasteiger partial charge in [0.25, 0.3) is 0 Å². The number of hydrogen-bond acceptors (Lipinski definition) is 0. The summed E-state index contributed by atoms with van der Waals surface area (Å²) in [5.41, 5.74) is 1.54. The molecule has 0 N–H and O–H groups in total. The topological polar surface area (TPSA) is 0 Å². The highest BCUT2D eigenvalue weighted by Crippen LogP contribution is 2.11. The summed E-state index contributed by atoms with van der Waals surface area (Å²) in [5.74, 6) is 0.876. The highest BCUT2D eigenvalue weighted by Gasteiger charge is 1.94. The molecule has 0 fully saturated rings. The SMILES string of the molecule is CC=C(C)CCCCC(C)C. The van der Waals surface area contributed by atoms with Crippen LogP contribution in [0.4, 0.5) is 0 Å². The molecule has 0 amide bonds. The Labute approximate surface area is 71.7 Å². The summed E-state index contributed by atoms with van der Waals surface area (Å²) >= 11 is 0. The van der Waals surface area contributed by atoms with Crippen molar-refractivity contribution in [3.05, 3.63) is 11.6 Å². The van der Waals surface area contributed by atoms with Gasteiger partial charge in [-0.25, -0.2) is 0 Å². The summed E-state index contributed by atoms with van der Waals surface area (Å²) in [4.78, 5) is 0. The number of rotatable bonds is 5. The van der Waals surface area contributed by atoms with Gasteiger partial charge in [0.1, 0.15) is 0 Å². The standard InChI is InChI=1S/C11H22/c1-5-11(4)9-7-6-8-10(2)3/h5,10H,6-9H2,1-4H3. The van der Waals surface area contributed by atoms with E-state index in [1.54, 1.807) is 0 Å². The molecular weight excluding hydrogens is 132 g/mol. The van der Waals surface area contributed by atoms with E-state index in [1.807, 2.05) is 0 Å². The van der Waals surface area contributed by atoms with E-state index >= 15 is 0 Å². The highest BCUT2D eigenvalue weighted by molar-refractivity contribution is 4.94. The van der Waals surface area contributed by atoms with Gasteiger partial charge in [-0.2, -0.15) is 0 Å². The zero-order valence-corrected chi connectivity index (χ0v) is 8.48. The van der Waals surface area contributed by atoms with Gasteiger partial charge in [-0.15, -0.1) is 0 Å². The summed E-state index contributed by atoms with van der Waals surface area (Å²) in [5, 5.41) is 0. The van der Waals surface area contributed by atoms with Crippen molar-refractivity contribution in [2.45, 2.75) is 53.4 Å². The molecule has 0 radical (unpaired) electrons. The lowest BCUT2D eigenvalue weighted by Gasteiger charge is -2.03. The third-order valence-electron chi connectivity index (χ3n) is 2.10. The van der Waals surface area contributed by atoms with Crippen LogP contribution >= 0.6 is 0 Å². The minimum Gasteiger partial charge on any atom is -0.0887 e. The molecule has 0 heteroatoms. The van der Waals surface area contributed by atoms with Crippen molar-refractivity contribution in [3.63, 3.8) is 0 Å². The quantitative estimate of drug-likeness (QED) is 0.412. The van der Waals surface area contributed by atoms with E-state index in [1.165, 1.54) is 31.3 Å². The molecule has 0 atom stereocenters. The molecule has 0 aliphatic rings. The van der Waals surface area contributed by atoms with E-state index in [9.17, 15) is 0 Å². The van der Waals surface area contributed by atoms with Gasteiger partial charge in [0.2, 0.25) is 0 Å². The van der Waals surface area contributed by atoms with Crippen molar-refractivity contribution in [3.8, 4) is 0 Å². The molecule has 0 aromatic rings. The molecule has 66 valence electrons. The lowest BCUT2D eigenvalue weighted by molar-refractivity contribution is 0.537. The zero-order chi connectivity index (χ0) is 8.69. The van der Waals surface area contributed by atoms with E-state index in [0.717, 1.165) is 5.92 Å². The van der Waals surface area contributed by atoms with Crippen LogP contribution in [0, 0.1) is 5.92 Å². The molecule has 0 aromatic heterocycles. The van der Waals surface area contributed by atoms with Gasteiger partial charge in [0.15, 0.2) is 0 Å². The van der Waals surface area contributed by atoms with Crippen LogP contribution in [-0.4, -0.2) is 0 Å². The van der Waals surface area contributed by atoms with Crippen molar-refractivity contribution in [2.75, 3.05) is 0 Å². The van der Waals surface area contributed by atoms with Crippen LogP contribution in [-0.2, 0) is 0 Å². The molecule has 0 bridgehead atoms. The van der Waals surface area contributed by atoms with Crippen LogP contribution in [0.3, 0.4) is 0 Å². The second-order valence-corrected chi connectivity index (χ2v) is 3.77. The molecule has 0 nitrogen and oxygen atoms in total. The molecule has 0 aliphatic heterocycles. The molecule has 0 aromatic carbocycles. The minimum absolute atomic E-state index is 0.876. The lowest BCUT2D eigenvalue weighted by Crippen LogP contribution is -1.87. The fourth-order valence-corrected chi connectivity index (χ4v) is 1.10. The summed E-state index contributed by atoms with van der Waals surface area (Å²) in [6.45, 7) is 8.93. The Kier molecular flexibility index (Phi) is 6.30. The van der Waals surface area contributed by atoms with Gasteiger partial charge in [-0.3, -0.25) is 0 Å². The molecule has 11 heavy (non-hydrogen) atoms. The molecule has 0 saturated heterocycles. The first-order valence-electron chi connectivity index (χ1n) is 4.78. The smallest absolute Gasteiger partial charge is 0.0323 e. The molecular formula is C11H22. The maximum Gasteiger partial charge on any atom is -0.0323 e. The van der Waals surface area contributed by atoms with Crippen LogP contribution in [0.5, 0.6) is 0 Å². The van der Waals surface area contributed by atoms with E-state index < -0.39 is 0 Å². The van der Waals surface area contributed by atoms with Gasteiger partial charge in [-0.05, 0) is 32.6 Å². The second-order valence-electron chi connectivity index (χ2n) is 3.77. The lowest BCUT2D eigenvalue weighted by atomic mass is 10.0. The maximum absolute atomic E-state index is 2.29. The van der Waals surface area contributed by atoms with Gasteiger partial charge in [0.05, 0.1) is 0 Å². The largest absolute Gasteiger partial charge is 0.0887 e. The predicted octanol–water partition coefficient (Wildman–Crippen LogP) is 4.17. The number of allylic oxidation sites excluding steroid dienone is 2. The number of unbranched alkanes of at least 4 members (excludes halogenated alkanes) is 1. The van der Waals surface area contributed by atoms with E-state index in [-0.39, 0.29) is 0 Å². The monoisotopic (exact) mass is 154 g/mol. The number of hydrogen-bond donors (Lipinski definition) is 0. The van der Waals surface area contributed by atoms with Crippen LogP contribution in [0.2, 0.25) is 0 Å². The van der Waals surface area contributed by atoms with Gasteiger partial charge >= 0.3 is 0 Å². The molecule has 0 aliphatic carbocycles. The van der Waals surface area contributed by atoms with E-state index in [4.69, 9.17) is 0 Å². The first-order chi connectivity index (χ1) is 5.16.